The van der Waals surface area contributed by atoms with E-state index in [-0.39, 0.29) is 0 Å². The zero-order chi connectivity index (χ0) is 13.9. The molecule has 2 heterocycles. The largest absolute Gasteiger partial charge is 0.339 e. The van der Waals surface area contributed by atoms with Crippen LogP contribution in [0.3, 0.4) is 0 Å². The first kappa shape index (κ1) is 13.6. The summed E-state index contributed by atoms with van der Waals surface area (Å²) in [6, 6.07) is 8.77. The van der Waals surface area contributed by atoms with Gasteiger partial charge in [0.05, 0.1) is 5.92 Å². The number of thioether (sulfide) groups is 1. The van der Waals surface area contributed by atoms with E-state index in [2.05, 4.69) is 34.5 Å². The second-order valence-corrected chi connectivity index (χ2v) is 6.27. The smallest absolute Gasteiger partial charge is 0.232 e. The molecule has 2 aromatic rings. The van der Waals surface area contributed by atoms with E-state index < -0.39 is 0 Å². The van der Waals surface area contributed by atoms with Gasteiger partial charge >= 0.3 is 0 Å². The summed E-state index contributed by atoms with van der Waals surface area (Å²) in [5, 5.41) is 7.47. The van der Waals surface area contributed by atoms with Crippen molar-refractivity contribution in [1.82, 2.24) is 15.5 Å². The predicted molar refractivity (Wildman–Crippen MR) is 81.2 cm³/mol. The van der Waals surface area contributed by atoms with Crippen LogP contribution >= 0.6 is 11.8 Å². The molecule has 2 unspecified atom stereocenters. The molecular weight excluding hydrogens is 270 g/mol. The molecule has 1 saturated heterocycles. The molecule has 1 aliphatic heterocycles. The molecule has 1 N–H and O–H groups in total. The van der Waals surface area contributed by atoms with Crippen LogP contribution in [0.2, 0.25) is 0 Å². The lowest BCUT2D eigenvalue weighted by molar-refractivity contribution is 0.341. The van der Waals surface area contributed by atoms with E-state index in [1.807, 2.05) is 30.9 Å². The number of aryl methyl sites for hydroxylation is 1. The Balaban J connectivity index is 1.76. The molecule has 1 aromatic heterocycles. The number of rotatable bonds is 4. The molecule has 2 atom stereocenters. The van der Waals surface area contributed by atoms with Crippen molar-refractivity contribution >= 4 is 11.8 Å². The van der Waals surface area contributed by atoms with E-state index in [0.717, 1.165) is 29.6 Å². The average Bonchev–Trinajstić information content (AvgIpc) is 3.09. The molecule has 4 nitrogen and oxygen atoms in total. The van der Waals surface area contributed by atoms with Crippen molar-refractivity contribution in [2.75, 3.05) is 18.6 Å². The zero-order valence-electron chi connectivity index (χ0n) is 11.8. The van der Waals surface area contributed by atoms with Crippen molar-refractivity contribution < 1.29 is 4.52 Å². The van der Waals surface area contributed by atoms with Crippen molar-refractivity contribution in [2.45, 2.75) is 25.3 Å². The van der Waals surface area contributed by atoms with Crippen LogP contribution in [0.5, 0.6) is 0 Å². The Morgan fingerprint density at radius 3 is 3.00 bits per heavy atom. The van der Waals surface area contributed by atoms with Crippen molar-refractivity contribution in [1.29, 1.82) is 0 Å². The SMILES string of the molecule is CNC1CSCC1c1nc(Cc2ccccc2C)no1. The quantitative estimate of drug-likeness (QED) is 0.936. The summed E-state index contributed by atoms with van der Waals surface area (Å²) in [6.45, 7) is 2.11. The molecule has 3 rings (SSSR count). The van der Waals surface area contributed by atoms with E-state index in [9.17, 15) is 0 Å². The summed E-state index contributed by atoms with van der Waals surface area (Å²) in [5.74, 6) is 4.05. The minimum absolute atomic E-state index is 0.336. The molecule has 0 bridgehead atoms. The zero-order valence-corrected chi connectivity index (χ0v) is 12.6. The number of nitrogens with one attached hydrogen (secondary N) is 1. The Hall–Kier alpha value is -1.33. The standard InChI is InChI=1S/C15H19N3OS/c1-10-5-3-4-6-11(10)7-14-17-15(19-18-14)12-8-20-9-13(12)16-2/h3-6,12-13,16H,7-9H2,1-2H3. The molecule has 0 aliphatic carbocycles. The Bertz CT molecular complexity index is 584. The minimum atomic E-state index is 0.336. The van der Waals surface area contributed by atoms with Crippen LogP contribution in [-0.2, 0) is 6.42 Å². The monoisotopic (exact) mass is 289 g/mol. The first-order chi connectivity index (χ1) is 9.78. The van der Waals surface area contributed by atoms with Crippen molar-refractivity contribution in [3.63, 3.8) is 0 Å². The van der Waals surface area contributed by atoms with Gasteiger partial charge < -0.3 is 9.84 Å². The van der Waals surface area contributed by atoms with Crippen LogP contribution in [-0.4, -0.2) is 34.7 Å². The summed E-state index contributed by atoms with van der Waals surface area (Å²) in [6.07, 6.45) is 0.736. The highest BCUT2D eigenvalue weighted by Gasteiger charge is 2.32. The Labute approximate surface area is 123 Å². The van der Waals surface area contributed by atoms with E-state index >= 15 is 0 Å². The number of hydrogen-bond donors (Lipinski definition) is 1. The van der Waals surface area contributed by atoms with Gasteiger partial charge in [-0.3, -0.25) is 0 Å². The lowest BCUT2D eigenvalue weighted by atomic mass is 10.0. The molecule has 20 heavy (non-hydrogen) atoms. The van der Waals surface area contributed by atoms with Gasteiger partial charge in [0.2, 0.25) is 5.89 Å². The maximum absolute atomic E-state index is 5.48. The minimum Gasteiger partial charge on any atom is -0.339 e. The maximum atomic E-state index is 5.48. The number of likely N-dealkylation sites (N-methyl/N-ethyl adjacent to an activating group) is 1. The fraction of sp³-hybridized carbons (Fsp3) is 0.467. The molecule has 1 fully saturated rings. The van der Waals surface area contributed by atoms with Gasteiger partial charge in [0.1, 0.15) is 0 Å². The van der Waals surface area contributed by atoms with Crippen LogP contribution in [0.4, 0.5) is 0 Å². The lowest BCUT2D eigenvalue weighted by Crippen LogP contribution is -2.31. The highest BCUT2D eigenvalue weighted by Crippen LogP contribution is 2.31. The molecule has 1 aliphatic rings. The van der Waals surface area contributed by atoms with Crippen LogP contribution in [0.15, 0.2) is 28.8 Å². The molecule has 0 spiro atoms. The number of benzene rings is 1. The van der Waals surface area contributed by atoms with Crippen molar-refractivity contribution in [2.24, 2.45) is 0 Å². The number of nitrogens with zero attached hydrogens (tertiary/aromatic N) is 2. The summed E-state index contributed by atoms with van der Waals surface area (Å²) in [7, 11) is 1.99. The Morgan fingerprint density at radius 2 is 2.20 bits per heavy atom. The Morgan fingerprint density at radius 1 is 1.35 bits per heavy atom. The third kappa shape index (κ3) is 2.74. The van der Waals surface area contributed by atoms with Crippen molar-refractivity contribution in [3.8, 4) is 0 Å². The molecular formula is C15H19N3OS. The van der Waals surface area contributed by atoms with Crippen LogP contribution < -0.4 is 5.32 Å². The third-order valence-corrected chi connectivity index (χ3v) is 5.05. The average molecular weight is 289 g/mol. The van der Waals surface area contributed by atoms with Gasteiger partial charge in [-0.05, 0) is 25.1 Å². The molecule has 106 valence electrons. The van der Waals surface area contributed by atoms with E-state index in [4.69, 9.17) is 4.52 Å². The van der Waals surface area contributed by atoms with Crippen LogP contribution in [0.1, 0.15) is 28.8 Å². The van der Waals surface area contributed by atoms with Crippen LogP contribution in [0.25, 0.3) is 0 Å². The molecule has 0 amide bonds. The van der Waals surface area contributed by atoms with Gasteiger partial charge in [0.25, 0.3) is 0 Å². The lowest BCUT2D eigenvalue weighted by Gasteiger charge is -2.13. The second kappa shape index (κ2) is 5.97. The van der Waals surface area contributed by atoms with Crippen LogP contribution in [0, 0.1) is 6.92 Å². The Kier molecular flexibility index (Phi) is 4.08. The molecule has 0 saturated carbocycles. The number of hydrogen-bond acceptors (Lipinski definition) is 5. The summed E-state index contributed by atoms with van der Waals surface area (Å²) in [5.41, 5.74) is 2.52. The first-order valence-corrected chi connectivity index (χ1v) is 8.05. The van der Waals surface area contributed by atoms with Gasteiger partial charge in [-0.15, -0.1) is 0 Å². The van der Waals surface area contributed by atoms with E-state index in [0.29, 0.717) is 12.0 Å². The molecule has 0 radical (unpaired) electrons. The topological polar surface area (TPSA) is 51.0 Å². The highest BCUT2D eigenvalue weighted by atomic mass is 32.2. The van der Waals surface area contributed by atoms with Crippen molar-refractivity contribution in [3.05, 3.63) is 47.1 Å². The highest BCUT2D eigenvalue weighted by molar-refractivity contribution is 7.99. The fourth-order valence-electron chi connectivity index (χ4n) is 2.55. The van der Waals surface area contributed by atoms with Gasteiger partial charge in [-0.1, -0.05) is 29.4 Å². The second-order valence-electron chi connectivity index (χ2n) is 5.19. The predicted octanol–water partition coefficient (Wildman–Crippen LogP) is 2.39. The fourth-order valence-corrected chi connectivity index (χ4v) is 3.97. The molecule has 1 aromatic carbocycles. The summed E-state index contributed by atoms with van der Waals surface area (Å²) < 4.78 is 5.48. The van der Waals surface area contributed by atoms with Gasteiger partial charge in [-0.25, -0.2) is 0 Å². The third-order valence-electron chi connectivity index (χ3n) is 3.86. The summed E-state index contributed by atoms with van der Waals surface area (Å²) >= 11 is 1.94. The normalized spacial score (nSPS) is 22.3. The van der Waals surface area contributed by atoms with Gasteiger partial charge in [0.15, 0.2) is 5.82 Å². The van der Waals surface area contributed by atoms with Gasteiger partial charge in [-0.2, -0.15) is 16.7 Å². The van der Waals surface area contributed by atoms with Gasteiger partial charge in [0, 0.05) is 24.0 Å². The summed E-state index contributed by atoms with van der Waals surface area (Å²) in [4.78, 5) is 4.60. The van der Waals surface area contributed by atoms with E-state index in [1.54, 1.807) is 0 Å². The van der Waals surface area contributed by atoms with E-state index in [1.165, 1.54) is 11.1 Å². The first-order valence-electron chi connectivity index (χ1n) is 6.90. The number of aromatic nitrogens is 2. The molecule has 5 heteroatoms. The maximum Gasteiger partial charge on any atom is 0.232 e.